The maximum Gasteiger partial charge on any atom is 0.253 e. The largest absolute Gasteiger partial charge is 0.339 e. The van der Waals surface area contributed by atoms with Crippen LogP contribution in [-0.2, 0) is 4.79 Å². The number of hydrogen-bond acceptors (Lipinski definition) is 2. The smallest absolute Gasteiger partial charge is 0.253 e. The van der Waals surface area contributed by atoms with Crippen LogP contribution in [0.1, 0.15) is 171 Å². The molecule has 2 rings (SSSR count). The number of benzene rings is 1. The number of hydrogen-bond donors (Lipinski definition) is 1. The van der Waals surface area contributed by atoms with Crippen molar-refractivity contribution >= 4 is 17.5 Å². The average Bonchev–Trinajstić information content (AvgIpc) is 3.24. The highest BCUT2D eigenvalue weighted by Gasteiger charge is 2.17. The zero-order chi connectivity index (χ0) is 27.8. The first-order valence-electron chi connectivity index (χ1n) is 16.9. The molecule has 1 aliphatic rings. The van der Waals surface area contributed by atoms with E-state index in [1.165, 1.54) is 122 Å². The molecule has 0 atom stereocenters. The van der Waals surface area contributed by atoms with Crippen molar-refractivity contribution in [2.24, 2.45) is 0 Å². The quantitative estimate of drug-likeness (QED) is 0.149. The van der Waals surface area contributed by atoms with Crippen LogP contribution in [0.3, 0.4) is 0 Å². The molecule has 1 aromatic carbocycles. The van der Waals surface area contributed by atoms with Gasteiger partial charge >= 0.3 is 0 Å². The van der Waals surface area contributed by atoms with Crippen LogP contribution in [0.25, 0.3) is 0 Å². The second-order valence-corrected chi connectivity index (χ2v) is 11.9. The Balaban J connectivity index is 1.37. The van der Waals surface area contributed by atoms with Gasteiger partial charge in [0.25, 0.3) is 5.91 Å². The number of carbonyl (C=O) groups excluding carboxylic acids is 2. The number of carbonyl (C=O) groups is 2. The van der Waals surface area contributed by atoms with E-state index in [0.29, 0.717) is 12.0 Å². The van der Waals surface area contributed by atoms with Gasteiger partial charge in [0.15, 0.2) is 0 Å². The summed E-state index contributed by atoms with van der Waals surface area (Å²) in [6.45, 7) is 4.00. The normalized spacial score (nSPS) is 13.8. The molecule has 4 nitrogen and oxygen atoms in total. The van der Waals surface area contributed by atoms with Gasteiger partial charge in [0.2, 0.25) is 5.91 Å². The minimum absolute atomic E-state index is 0.0774. The van der Waals surface area contributed by atoms with Gasteiger partial charge in [-0.25, -0.2) is 0 Å². The fourth-order valence-corrected chi connectivity index (χ4v) is 5.74. The van der Waals surface area contributed by atoms with E-state index in [9.17, 15) is 9.59 Å². The predicted molar refractivity (Wildman–Crippen MR) is 167 cm³/mol. The van der Waals surface area contributed by atoms with Gasteiger partial charge in [-0.1, -0.05) is 135 Å². The summed E-state index contributed by atoms with van der Waals surface area (Å²) in [6, 6.07) is 7.42. The number of nitrogens with zero attached hydrogens (tertiary/aromatic N) is 1. The Morgan fingerprint density at radius 2 is 1.00 bits per heavy atom. The van der Waals surface area contributed by atoms with E-state index in [1.807, 2.05) is 29.2 Å². The van der Waals surface area contributed by atoms with Crippen LogP contribution in [0.2, 0.25) is 0 Å². The maximum atomic E-state index is 12.7. The lowest BCUT2D eigenvalue weighted by Gasteiger charge is -2.20. The fourth-order valence-electron chi connectivity index (χ4n) is 5.74. The highest BCUT2D eigenvalue weighted by Crippen LogP contribution is 2.17. The van der Waals surface area contributed by atoms with Gasteiger partial charge in [0, 0.05) is 30.8 Å². The van der Waals surface area contributed by atoms with Crippen molar-refractivity contribution in [3.05, 3.63) is 29.8 Å². The van der Waals surface area contributed by atoms with Crippen LogP contribution in [-0.4, -0.2) is 29.8 Å². The third kappa shape index (κ3) is 16.8. The molecule has 2 amide bonds. The third-order valence-electron chi connectivity index (χ3n) is 8.32. The molecule has 4 heteroatoms. The number of anilines is 1. The summed E-state index contributed by atoms with van der Waals surface area (Å²) in [7, 11) is 0. The lowest BCUT2D eigenvalue weighted by molar-refractivity contribution is -0.116. The second-order valence-electron chi connectivity index (χ2n) is 11.9. The molecule has 0 bridgehead atoms. The Morgan fingerprint density at radius 3 is 1.44 bits per heavy atom. The van der Waals surface area contributed by atoms with Gasteiger partial charge in [0.05, 0.1) is 0 Å². The molecule has 0 spiro atoms. The molecule has 0 aromatic heterocycles. The van der Waals surface area contributed by atoms with Crippen molar-refractivity contribution in [3.63, 3.8) is 0 Å². The molecule has 1 fully saturated rings. The number of likely N-dealkylation sites (tertiary alicyclic amines) is 1. The van der Waals surface area contributed by atoms with E-state index in [0.717, 1.165) is 44.5 Å². The lowest BCUT2D eigenvalue weighted by atomic mass is 10.0. The van der Waals surface area contributed by atoms with Gasteiger partial charge < -0.3 is 10.2 Å². The summed E-state index contributed by atoms with van der Waals surface area (Å²) in [4.78, 5) is 27.0. The van der Waals surface area contributed by atoms with E-state index >= 15 is 0 Å². The molecule has 39 heavy (non-hydrogen) atoms. The average molecular weight is 541 g/mol. The molecule has 222 valence electrons. The fraction of sp³-hybridized carbons (Fsp3) is 0.771. The number of amides is 2. The molecule has 1 heterocycles. The highest BCUT2D eigenvalue weighted by atomic mass is 16.2. The van der Waals surface area contributed by atoms with E-state index in [-0.39, 0.29) is 11.8 Å². The molecular formula is C35H60N2O2. The number of nitrogens with one attached hydrogen (secondary N) is 1. The summed E-state index contributed by atoms with van der Waals surface area (Å²) < 4.78 is 0. The Kier molecular flexibility index (Phi) is 19.6. The molecule has 0 unspecified atom stereocenters. The molecule has 1 aliphatic heterocycles. The summed E-state index contributed by atoms with van der Waals surface area (Å²) >= 11 is 0. The minimum atomic E-state index is 0.0774. The third-order valence-corrected chi connectivity index (χ3v) is 8.32. The van der Waals surface area contributed by atoms with Gasteiger partial charge in [-0.15, -0.1) is 0 Å². The molecule has 0 radical (unpaired) electrons. The molecule has 1 saturated heterocycles. The highest BCUT2D eigenvalue weighted by molar-refractivity contribution is 5.95. The summed E-state index contributed by atoms with van der Waals surface area (Å²) in [6.07, 6.45) is 31.1. The first-order valence-corrected chi connectivity index (χ1v) is 16.9. The van der Waals surface area contributed by atoms with E-state index in [1.54, 1.807) is 0 Å². The Bertz CT molecular complexity index is 738. The standard InChI is InChI=1S/C35H60N2O2/c1-2-3-4-5-6-7-8-9-10-11-12-13-14-15-16-17-18-19-22-25-34(38)36-33-28-26-32(27-29-33)35(39)37-30-23-20-21-24-31-37/h26-29H,2-25,30-31H2,1H3,(H,36,38). The van der Waals surface area contributed by atoms with Gasteiger partial charge in [-0.3, -0.25) is 9.59 Å². The zero-order valence-electron chi connectivity index (χ0n) is 25.5. The molecular weight excluding hydrogens is 480 g/mol. The first-order chi connectivity index (χ1) is 19.2. The van der Waals surface area contributed by atoms with Crippen molar-refractivity contribution in [1.82, 2.24) is 4.90 Å². The Morgan fingerprint density at radius 1 is 0.590 bits per heavy atom. The van der Waals surface area contributed by atoms with Gasteiger partial charge in [0.1, 0.15) is 0 Å². The summed E-state index contributed by atoms with van der Waals surface area (Å²) in [5.74, 6) is 0.192. The predicted octanol–water partition coefficient (Wildman–Crippen LogP) is 10.5. The van der Waals surface area contributed by atoms with Crippen LogP contribution in [0, 0.1) is 0 Å². The van der Waals surface area contributed by atoms with Crippen molar-refractivity contribution in [3.8, 4) is 0 Å². The Labute approximate surface area is 241 Å². The van der Waals surface area contributed by atoms with Crippen molar-refractivity contribution in [2.75, 3.05) is 18.4 Å². The lowest BCUT2D eigenvalue weighted by Crippen LogP contribution is -2.31. The van der Waals surface area contributed by atoms with Crippen LogP contribution >= 0.6 is 0 Å². The van der Waals surface area contributed by atoms with Crippen LogP contribution in [0.4, 0.5) is 5.69 Å². The molecule has 1 N–H and O–H groups in total. The van der Waals surface area contributed by atoms with Crippen molar-refractivity contribution in [1.29, 1.82) is 0 Å². The van der Waals surface area contributed by atoms with Crippen LogP contribution in [0.15, 0.2) is 24.3 Å². The van der Waals surface area contributed by atoms with Gasteiger partial charge in [-0.2, -0.15) is 0 Å². The van der Waals surface area contributed by atoms with E-state index in [2.05, 4.69) is 12.2 Å². The zero-order valence-corrected chi connectivity index (χ0v) is 25.5. The summed E-state index contributed by atoms with van der Waals surface area (Å²) in [5, 5.41) is 2.99. The van der Waals surface area contributed by atoms with E-state index < -0.39 is 0 Å². The summed E-state index contributed by atoms with van der Waals surface area (Å²) in [5.41, 5.74) is 1.50. The number of rotatable bonds is 22. The molecule has 0 saturated carbocycles. The second kappa shape index (κ2) is 22.9. The van der Waals surface area contributed by atoms with Gasteiger partial charge in [-0.05, 0) is 43.5 Å². The first kappa shape index (κ1) is 33.4. The van der Waals surface area contributed by atoms with E-state index in [4.69, 9.17) is 0 Å². The van der Waals surface area contributed by atoms with Crippen molar-refractivity contribution < 1.29 is 9.59 Å². The Hall–Kier alpha value is -1.84. The number of unbranched alkanes of at least 4 members (excludes halogenated alkanes) is 18. The monoisotopic (exact) mass is 540 g/mol. The van der Waals surface area contributed by atoms with Crippen LogP contribution < -0.4 is 5.32 Å². The minimum Gasteiger partial charge on any atom is -0.339 e. The van der Waals surface area contributed by atoms with Crippen molar-refractivity contribution in [2.45, 2.75) is 161 Å². The maximum absolute atomic E-state index is 12.7. The molecule has 1 aromatic rings. The molecule has 0 aliphatic carbocycles. The van der Waals surface area contributed by atoms with Crippen LogP contribution in [0.5, 0.6) is 0 Å². The SMILES string of the molecule is CCCCCCCCCCCCCCCCCCCCCC(=O)Nc1ccc(C(=O)N2CCCCCC2)cc1. The topological polar surface area (TPSA) is 49.4 Å².